The molecular weight excluding hydrogens is 416 g/mol. The predicted molar refractivity (Wildman–Crippen MR) is 115 cm³/mol. The van der Waals surface area contributed by atoms with E-state index in [0.717, 1.165) is 21.5 Å². The van der Waals surface area contributed by atoms with Crippen molar-refractivity contribution in [2.24, 2.45) is 11.5 Å². The van der Waals surface area contributed by atoms with Crippen LogP contribution in [0.5, 0.6) is 0 Å². The molecule has 2 aliphatic rings. The lowest BCUT2D eigenvalue weighted by Crippen LogP contribution is -2.67. The van der Waals surface area contributed by atoms with Gasteiger partial charge in [0.25, 0.3) is 0 Å². The Morgan fingerprint density at radius 3 is 1.55 bits per heavy atom. The van der Waals surface area contributed by atoms with Crippen LogP contribution < -0.4 is 21.8 Å². The van der Waals surface area contributed by atoms with E-state index in [9.17, 15) is 9.59 Å². The minimum absolute atomic E-state index is 0.263. The molecule has 0 fully saturated rings. The van der Waals surface area contributed by atoms with Crippen LogP contribution in [0.15, 0.2) is 48.5 Å². The number of fused-ring (bicyclic) bond motifs is 4. The molecule has 2 aliphatic heterocycles. The summed E-state index contributed by atoms with van der Waals surface area (Å²) >= 11 is 0. The molecule has 0 saturated heterocycles. The molecule has 4 N–H and O–H groups in total. The van der Waals surface area contributed by atoms with Crippen molar-refractivity contribution in [3.05, 3.63) is 59.7 Å². The summed E-state index contributed by atoms with van der Waals surface area (Å²) in [7, 11) is -3.55. The number of esters is 2. The van der Waals surface area contributed by atoms with Crippen molar-refractivity contribution in [2.75, 3.05) is 0 Å². The van der Waals surface area contributed by atoms with Gasteiger partial charge in [-0.25, -0.2) is 0 Å². The van der Waals surface area contributed by atoms with Gasteiger partial charge in [0, 0.05) is 10.4 Å². The van der Waals surface area contributed by atoms with E-state index in [-0.39, 0.29) is 12.8 Å². The molecule has 4 atom stereocenters. The predicted octanol–water partition coefficient (Wildman–Crippen LogP) is -0.179. The second-order valence-electron chi connectivity index (χ2n) is 7.80. The summed E-state index contributed by atoms with van der Waals surface area (Å²) in [5.41, 5.74) is 13.9. The molecule has 1 spiro atoms. The van der Waals surface area contributed by atoms with Crippen molar-refractivity contribution in [1.29, 1.82) is 0 Å². The number of benzene rings is 2. The third-order valence-corrected chi connectivity index (χ3v) is 9.18. The van der Waals surface area contributed by atoms with Gasteiger partial charge in [-0.3, -0.25) is 9.59 Å². The number of hydrogen-bond donors (Lipinski definition) is 2. The first-order valence-electron chi connectivity index (χ1n) is 10.2. The van der Waals surface area contributed by atoms with Crippen LogP contribution in [0.25, 0.3) is 0 Å². The highest BCUT2D eigenvalue weighted by Gasteiger charge is 2.51. The fraction of sp³-hybridized carbons (Fsp3) is 0.364. The molecule has 2 aromatic carbocycles. The zero-order valence-corrected chi connectivity index (χ0v) is 18.4. The molecule has 164 valence electrons. The van der Waals surface area contributed by atoms with Crippen molar-refractivity contribution >= 4 is 30.9 Å². The Labute approximate surface area is 181 Å². The molecule has 31 heavy (non-hydrogen) atoms. The molecule has 4 rings (SSSR count). The van der Waals surface area contributed by atoms with E-state index in [1.807, 2.05) is 48.5 Å². The lowest BCUT2D eigenvalue weighted by molar-refractivity contribution is -0.171. The largest absolute Gasteiger partial charge is 0.436 e. The molecule has 2 heterocycles. The molecular formula is C22H26N2O6Si. The van der Waals surface area contributed by atoms with E-state index in [1.165, 1.54) is 0 Å². The minimum Gasteiger partial charge on any atom is -0.436 e. The highest BCUT2D eigenvalue weighted by atomic mass is 28.4. The van der Waals surface area contributed by atoms with Crippen molar-refractivity contribution in [3.8, 4) is 0 Å². The van der Waals surface area contributed by atoms with Gasteiger partial charge in [-0.15, -0.1) is 0 Å². The maximum Gasteiger partial charge on any atom is 0.413 e. The molecule has 0 amide bonds. The van der Waals surface area contributed by atoms with Crippen LogP contribution in [-0.4, -0.2) is 45.2 Å². The molecule has 0 aromatic heterocycles. The van der Waals surface area contributed by atoms with Crippen LogP contribution >= 0.6 is 0 Å². The lowest BCUT2D eigenvalue weighted by Gasteiger charge is -2.36. The van der Waals surface area contributed by atoms with E-state index in [1.54, 1.807) is 13.8 Å². The number of hydrogen-bond acceptors (Lipinski definition) is 8. The van der Waals surface area contributed by atoms with Gasteiger partial charge in [0.1, 0.15) is 12.1 Å². The summed E-state index contributed by atoms with van der Waals surface area (Å²) < 4.78 is 23.9. The Hall–Kier alpha value is -2.56. The second kappa shape index (κ2) is 8.52. The molecule has 0 radical (unpaired) electrons. The number of cyclic esters (lactones) is 2. The van der Waals surface area contributed by atoms with Gasteiger partial charge in [-0.1, -0.05) is 48.5 Å². The molecule has 2 aromatic rings. The highest BCUT2D eigenvalue weighted by Crippen LogP contribution is 2.23. The summed E-state index contributed by atoms with van der Waals surface area (Å²) in [4.78, 5) is 24.9. The van der Waals surface area contributed by atoms with Crippen LogP contribution in [0, 0.1) is 0 Å². The van der Waals surface area contributed by atoms with Gasteiger partial charge in [0.15, 0.2) is 12.6 Å². The minimum atomic E-state index is -3.55. The van der Waals surface area contributed by atoms with Gasteiger partial charge < -0.3 is 29.8 Å². The van der Waals surface area contributed by atoms with Crippen LogP contribution in [-0.2, 0) is 40.8 Å². The van der Waals surface area contributed by atoms with Crippen LogP contribution in [0.3, 0.4) is 0 Å². The average Bonchev–Trinajstić information content (AvgIpc) is 2.78. The molecule has 0 aliphatic carbocycles. The number of nitrogens with two attached hydrogens (primary N) is 2. The second-order valence-corrected chi connectivity index (χ2v) is 10.6. The normalized spacial score (nSPS) is 31.5. The van der Waals surface area contributed by atoms with E-state index in [0.29, 0.717) is 0 Å². The maximum absolute atomic E-state index is 12.4. The van der Waals surface area contributed by atoms with Crippen molar-refractivity contribution in [1.82, 2.24) is 0 Å². The molecule has 4 unspecified atom stereocenters. The van der Waals surface area contributed by atoms with Crippen LogP contribution in [0.4, 0.5) is 0 Å². The van der Waals surface area contributed by atoms with Crippen molar-refractivity contribution in [2.45, 2.75) is 51.4 Å². The first kappa shape index (κ1) is 21.7. The van der Waals surface area contributed by atoms with E-state index >= 15 is 0 Å². The first-order valence-corrected chi connectivity index (χ1v) is 12.1. The molecule has 0 bridgehead atoms. The van der Waals surface area contributed by atoms with Crippen molar-refractivity contribution < 1.29 is 27.9 Å². The average molecular weight is 443 g/mol. The summed E-state index contributed by atoms with van der Waals surface area (Å²) in [5, 5.41) is 1.59. The van der Waals surface area contributed by atoms with Crippen LogP contribution in [0.2, 0.25) is 0 Å². The number of carbonyl (C=O) groups excluding carboxylic acids is 2. The number of rotatable bonds is 0. The van der Waals surface area contributed by atoms with E-state index in [2.05, 4.69) is 0 Å². The van der Waals surface area contributed by atoms with E-state index in [4.69, 9.17) is 29.8 Å². The summed E-state index contributed by atoms with van der Waals surface area (Å²) in [6.45, 7) is 3.27. The summed E-state index contributed by atoms with van der Waals surface area (Å²) in [5.74, 6) is -1.10. The summed E-state index contributed by atoms with van der Waals surface area (Å²) in [6, 6.07) is 13.5. The Morgan fingerprint density at radius 1 is 0.742 bits per heavy atom. The number of carbonyl (C=O) groups is 2. The van der Waals surface area contributed by atoms with Crippen LogP contribution in [0.1, 0.15) is 25.0 Å². The molecule has 8 nitrogen and oxygen atoms in total. The van der Waals surface area contributed by atoms with Gasteiger partial charge in [-0.2, -0.15) is 0 Å². The zero-order valence-electron chi connectivity index (χ0n) is 17.4. The Bertz CT molecular complexity index is 920. The third kappa shape index (κ3) is 4.15. The monoisotopic (exact) mass is 442 g/mol. The lowest BCUT2D eigenvalue weighted by atomic mass is 10.1. The topological polar surface area (TPSA) is 123 Å². The first-order chi connectivity index (χ1) is 14.8. The zero-order chi connectivity index (χ0) is 22.2. The van der Waals surface area contributed by atoms with E-state index < -0.39 is 45.2 Å². The molecule has 0 saturated carbocycles. The van der Waals surface area contributed by atoms with Gasteiger partial charge >= 0.3 is 20.5 Å². The SMILES string of the molecule is CC1OC(=O)C(N)Cc2ccccc2[Si]2(O1)OC(C)OC(=O)C(N)Cc1ccccc12. The smallest absolute Gasteiger partial charge is 0.413 e. The maximum atomic E-state index is 12.4. The van der Waals surface area contributed by atoms with Gasteiger partial charge in [-0.05, 0) is 37.8 Å². The quantitative estimate of drug-likeness (QED) is 0.426. The third-order valence-electron chi connectivity index (χ3n) is 5.46. The standard InChI is InChI=1S/C22H26N2O6Si/c1-13-27-21(25)17(23)11-15-7-3-5-9-19(15)31(29-13)20-10-6-4-8-16(20)12-18(24)22(26)28-14(2)30-31/h3-10,13-14,17-18H,11-12,23-24H2,1-2H3. The Morgan fingerprint density at radius 2 is 1.13 bits per heavy atom. The summed E-state index contributed by atoms with van der Waals surface area (Å²) in [6.07, 6.45) is -1.33. The van der Waals surface area contributed by atoms with Crippen molar-refractivity contribution in [3.63, 3.8) is 0 Å². The van der Waals surface area contributed by atoms with Gasteiger partial charge in [0.05, 0.1) is 0 Å². The fourth-order valence-corrected chi connectivity index (χ4v) is 7.86. The van der Waals surface area contributed by atoms with Gasteiger partial charge in [0.2, 0.25) is 0 Å². The highest BCUT2D eigenvalue weighted by molar-refractivity contribution is 6.93. The Kier molecular flexibility index (Phi) is 5.95. The molecule has 9 heteroatoms. The number of ether oxygens (including phenoxy) is 2. The fourth-order valence-electron chi connectivity index (χ4n) is 4.12. The Balaban J connectivity index is 2.00.